The fraction of sp³-hybridized carbons (Fsp3) is 0.429. The molecule has 0 bridgehead atoms. The third-order valence-electron chi connectivity index (χ3n) is 3.38. The molecule has 1 aromatic carbocycles. The molecule has 0 aliphatic carbocycles. The lowest BCUT2D eigenvalue weighted by Gasteiger charge is -2.06. The van der Waals surface area contributed by atoms with Crippen LogP contribution in [0.3, 0.4) is 0 Å². The van der Waals surface area contributed by atoms with Crippen LogP contribution in [-0.2, 0) is 6.42 Å². The number of hydrogen-bond donors (Lipinski definition) is 2. The van der Waals surface area contributed by atoms with Gasteiger partial charge in [-0.25, -0.2) is 0 Å². The first-order valence-electron chi connectivity index (χ1n) is 6.71. The number of hydrogen-bond acceptors (Lipinski definition) is 6. The summed E-state index contributed by atoms with van der Waals surface area (Å²) >= 11 is 1.87. The summed E-state index contributed by atoms with van der Waals surface area (Å²) in [7, 11) is 0. The molecule has 0 spiro atoms. The van der Waals surface area contributed by atoms with E-state index >= 15 is 0 Å². The molecule has 5 nitrogen and oxygen atoms in total. The van der Waals surface area contributed by atoms with E-state index in [2.05, 4.69) is 10.1 Å². The Kier molecular flexibility index (Phi) is 3.93. The van der Waals surface area contributed by atoms with Crippen molar-refractivity contribution in [3.05, 3.63) is 41.5 Å². The predicted octanol–water partition coefficient (Wildman–Crippen LogP) is 2.59. The minimum absolute atomic E-state index is 0.251. The van der Waals surface area contributed by atoms with Gasteiger partial charge >= 0.3 is 0 Å². The number of thioether (sulfide) groups is 1. The van der Waals surface area contributed by atoms with Crippen LogP contribution >= 0.6 is 11.8 Å². The summed E-state index contributed by atoms with van der Waals surface area (Å²) in [6.07, 6.45) is 2.93. The van der Waals surface area contributed by atoms with E-state index in [4.69, 9.17) is 10.3 Å². The van der Waals surface area contributed by atoms with E-state index in [1.807, 2.05) is 23.9 Å². The molecule has 20 heavy (non-hydrogen) atoms. The zero-order chi connectivity index (χ0) is 13.9. The summed E-state index contributed by atoms with van der Waals surface area (Å²) < 4.78 is 5.29. The Bertz CT molecular complexity index is 564. The highest BCUT2D eigenvalue weighted by molar-refractivity contribution is 7.99. The molecule has 1 saturated heterocycles. The second-order valence-electron chi connectivity index (χ2n) is 4.97. The molecular weight excluding hydrogens is 274 g/mol. The fourth-order valence-electron chi connectivity index (χ4n) is 2.28. The van der Waals surface area contributed by atoms with Gasteiger partial charge in [0, 0.05) is 0 Å². The van der Waals surface area contributed by atoms with Crippen LogP contribution in [0.1, 0.15) is 41.4 Å². The standard InChI is InChI=1S/C14H17N3O2S/c15-11(8-9-3-5-10(18)6-4-9)14-16-13(17-19-14)12-2-1-7-20-12/h3-6,11-12,18H,1-2,7-8,15H2/t11-,12?/m1/s1. The molecule has 2 aromatic rings. The van der Waals surface area contributed by atoms with Crippen LogP contribution in [0.5, 0.6) is 5.75 Å². The molecule has 2 atom stereocenters. The molecule has 1 aliphatic rings. The molecule has 0 radical (unpaired) electrons. The number of benzene rings is 1. The molecular formula is C14H17N3O2S. The number of nitrogens with two attached hydrogens (primary N) is 1. The molecule has 106 valence electrons. The van der Waals surface area contributed by atoms with Gasteiger partial charge in [0.25, 0.3) is 0 Å². The summed E-state index contributed by atoms with van der Waals surface area (Å²) in [5.41, 5.74) is 7.14. The number of aromatic nitrogens is 2. The van der Waals surface area contributed by atoms with Crippen LogP contribution < -0.4 is 5.73 Å². The Hall–Kier alpha value is -1.53. The van der Waals surface area contributed by atoms with Crippen LogP contribution in [0.25, 0.3) is 0 Å². The van der Waals surface area contributed by atoms with E-state index < -0.39 is 0 Å². The highest BCUT2D eigenvalue weighted by Gasteiger charge is 2.24. The summed E-state index contributed by atoms with van der Waals surface area (Å²) in [5.74, 6) is 2.67. The highest BCUT2D eigenvalue weighted by Crippen LogP contribution is 2.38. The summed E-state index contributed by atoms with van der Waals surface area (Å²) in [5, 5.41) is 13.7. The molecule has 0 saturated carbocycles. The third kappa shape index (κ3) is 2.96. The lowest BCUT2D eigenvalue weighted by atomic mass is 10.1. The van der Waals surface area contributed by atoms with E-state index in [0.717, 1.165) is 23.6 Å². The van der Waals surface area contributed by atoms with Crippen molar-refractivity contribution in [2.45, 2.75) is 30.6 Å². The SMILES string of the molecule is N[C@H](Cc1ccc(O)cc1)c1nc(C2CCCS2)no1. The smallest absolute Gasteiger partial charge is 0.243 e. The molecule has 1 fully saturated rings. The lowest BCUT2D eigenvalue weighted by Crippen LogP contribution is -2.13. The maximum absolute atomic E-state index is 9.26. The van der Waals surface area contributed by atoms with Gasteiger partial charge in [-0.2, -0.15) is 16.7 Å². The molecule has 1 aliphatic heterocycles. The quantitative estimate of drug-likeness (QED) is 0.900. The van der Waals surface area contributed by atoms with Crippen molar-refractivity contribution in [3.63, 3.8) is 0 Å². The zero-order valence-electron chi connectivity index (χ0n) is 11.0. The monoisotopic (exact) mass is 291 g/mol. The molecule has 2 heterocycles. The number of nitrogens with zero attached hydrogens (tertiary/aromatic N) is 2. The molecule has 1 unspecified atom stereocenters. The Labute approximate surface area is 121 Å². The first-order chi connectivity index (χ1) is 9.72. The number of rotatable bonds is 4. The van der Waals surface area contributed by atoms with Gasteiger partial charge in [-0.1, -0.05) is 17.3 Å². The minimum atomic E-state index is -0.313. The normalized spacial score (nSPS) is 20.1. The van der Waals surface area contributed by atoms with E-state index in [0.29, 0.717) is 17.6 Å². The van der Waals surface area contributed by atoms with E-state index in [9.17, 15) is 5.11 Å². The summed E-state index contributed by atoms with van der Waals surface area (Å²) in [6.45, 7) is 0. The molecule has 1 aromatic heterocycles. The highest BCUT2D eigenvalue weighted by atomic mass is 32.2. The Morgan fingerprint density at radius 2 is 2.20 bits per heavy atom. The van der Waals surface area contributed by atoms with Gasteiger partial charge in [0.15, 0.2) is 5.82 Å². The van der Waals surface area contributed by atoms with Crippen molar-refractivity contribution in [2.24, 2.45) is 5.73 Å². The van der Waals surface area contributed by atoms with Crippen molar-refractivity contribution >= 4 is 11.8 Å². The minimum Gasteiger partial charge on any atom is -0.508 e. The van der Waals surface area contributed by atoms with Gasteiger partial charge in [0.05, 0.1) is 11.3 Å². The molecule has 0 amide bonds. The van der Waals surface area contributed by atoms with Crippen LogP contribution in [-0.4, -0.2) is 21.0 Å². The molecule has 3 N–H and O–H groups in total. The number of phenolic OH excluding ortho intramolecular Hbond substituents is 1. The lowest BCUT2D eigenvalue weighted by molar-refractivity contribution is 0.350. The van der Waals surface area contributed by atoms with Crippen LogP contribution in [0.2, 0.25) is 0 Å². The van der Waals surface area contributed by atoms with Crippen LogP contribution in [0.4, 0.5) is 0 Å². The third-order valence-corrected chi connectivity index (χ3v) is 4.76. The first-order valence-corrected chi connectivity index (χ1v) is 7.76. The number of aromatic hydroxyl groups is 1. The van der Waals surface area contributed by atoms with Crippen molar-refractivity contribution in [1.82, 2.24) is 10.1 Å². The van der Waals surface area contributed by atoms with Gasteiger partial charge < -0.3 is 15.4 Å². The summed E-state index contributed by atoms with van der Waals surface area (Å²) in [4.78, 5) is 4.43. The topological polar surface area (TPSA) is 85.2 Å². The molecule has 3 rings (SSSR count). The fourth-order valence-corrected chi connectivity index (χ4v) is 3.48. The van der Waals surface area contributed by atoms with Crippen LogP contribution in [0.15, 0.2) is 28.8 Å². The first kappa shape index (κ1) is 13.5. The summed E-state index contributed by atoms with van der Waals surface area (Å²) in [6, 6.07) is 6.68. The maximum Gasteiger partial charge on any atom is 0.243 e. The average Bonchev–Trinajstić information content (AvgIpc) is 3.11. The molecule has 6 heteroatoms. The van der Waals surface area contributed by atoms with Gasteiger partial charge in [-0.15, -0.1) is 0 Å². The second-order valence-corrected chi connectivity index (χ2v) is 6.28. The predicted molar refractivity (Wildman–Crippen MR) is 77.5 cm³/mol. The van der Waals surface area contributed by atoms with Gasteiger partial charge in [0.1, 0.15) is 5.75 Å². The van der Waals surface area contributed by atoms with Gasteiger partial charge in [0.2, 0.25) is 5.89 Å². The zero-order valence-corrected chi connectivity index (χ0v) is 11.8. The maximum atomic E-state index is 9.26. The second kappa shape index (κ2) is 5.85. The average molecular weight is 291 g/mol. The van der Waals surface area contributed by atoms with Gasteiger partial charge in [-0.05, 0) is 42.7 Å². The number of phenols is 1. The Morgan fingerprint density at radius 3 is 2.90 bits per heavy atom. The van der Waals surface area contributed by atoms with Crippen molar-refractivity contribution in [3.8, 4) is 5.75 Å². The largest absolute Gasteiger partial charge is 0.508 e. The van der Waals surface area contributed by atoms with Crippen molar-refractivity contribution in [1.29, 1.82) is 0 Å². The van der Waals surface area contributed by atoms with Crippen molar-refractivity contribution in [2.75, 3.05) is 5.75 Å². The van der Waals surface area contributed by atoms with Crippen molar-refractivity contribution < 1.29 is 9.63 Å². The Balaban J connectivity index is 1.67. The van der Waals surface area contributed by atoms with Gasteiger partial charge in [-0.3, -0.25) is 0 Å². The van der Waals surface area contributed by atoms with E-state index in [1.54, 1.807) is 12.1 Å². The van der Waals surface area contributed by atoms with Crippen LogP contribution in [0, 0.1) is 0 Å². The Morgan fingerprint density at radius 1 is 1.40 bits per heavy atom. The van der Waals surface area contributed by atoms with E-state index in [1.165, 1.54) is 6.42 Å². The van der Waals surface area contributed by atoms with E-state index in [-0.39, 0.29) is 11.8 Å².